The van der Waals surface area contributed by atoms with Crippen molar-refractivity contribution >= 4 is 17.3 Å². The van der Waals surface area contributed by atoms with Gasteiger partial charge in [-0.15, -0.1) is 0 Å². The standard InChI is InChI=1S/C11H13N3O4/c15-10(16)11(4-1-2-5-11)13-8-3-6-12-7-9(8)14(17)18/h3,6-7H,1-2,4-5H2,(H,12,13)(H,15,16). The van der Waals surface area contributed by atoms with Crippen LogP contribution in [-0.4, -0.2) is 26.5 Å². The predicted molar refractivity (Wildman–Crippen MR) is 63.3 cm³/mol. The number of carboxylic acid groups (broad SMARTS) is 1. The second-order valence-electron chi connectivity index (χ2n) is 4.37. The lowest BCUT2D eigenvalue weighted by Gasteiger charge is -2.26. The molecule has 0 spiro atoms. The quantitative estimate of drug-likeness (QED) is 0.624. The van der Waals surface area contributed by atoms with Crippen molar-refractivity contribution < 1.29 is 14.8 Å². The fourth-order valence-corrected chi connectivity index (χ4v) is 2.27. The molecule has 18 heavy (non-hydrogen) atoms. The molecule has 0 atom stereocenters. The smallest absolute Gasteiger partial charge is 0.329 e. The predicted octanol–water partition coefficient (Wildman–Crippen LogP) is 1.80. The van der Waals surface area contributed by atoms with Crippen molar-refractivity contribution in [3.8, 4) is 0 Å². The molecule has 0 amide bonds. The second-order valence-corrected chi connectivity index (χ2v) is 4.37. The Labute approximate surface area is 103 Å². The van der Waals surface area contributed by atoms with Crippen LogP contribution in [0.2, 0.25) is 0 Å². The number of aromatic nitrogens is 1. The molecule has 2 N–H and O–H groups in total. The van der Waals surface area contributed by atoms with E-state index in [4.69, 9.17) is 0 Å². The van der Waals surface area contributed by atoms with Gasteiger partial charge in [0.2, 0.25) is 0 Å². The van der Waals surface area contributed by atoms with E-state index in [0.29, 0.717) is 12.8 Å². The van der Waals surface area contributed by atoms with Crippen LogP contribution in [0.25, 0.3) is 0 Å². The number of rotatable bonds is 4. The third-order valence-electron chi connectivity index (χ3n) is 3.24. The van der Waals surface area contributed by atoms with E-state index < -0.39 is 16.4 Å². The molecule has 0 bridgehead atoms. The summed E-state index contributed by atoms with van der Waals surface area (Å²) in [5.74, 6) is -0.967. The topological polar surface area (TPSA) is 105 Å². The van der Waals surface area contributed by atoms with Crippen LogP contribution in [0.3, 0.4) is 0 Å². The minimum atomic E-state index is -1.09. The molecule has 0 aromatic carbocycles. The molecule has 96 valence electrons. The van der Waals surface area contributed by atoms with Crippen LogP contribution >= 0.6 is 0 Å². The molecule has 1 aliphatic carbocycles. The molecule has 7 nitrogen and oxygen atoms in total. The van der Waals surface area contributed by atoms with Crippen LogP contribution < -0.4 is 5.32 Å². The van der Waals surface area contributed by atoms with Gasteiger partial charge in [-0.1, -0.05) is 12.8 Å². The summed E-state index contributed by atoms with van der Waals surface area (Å²) in [7, 11) is 0. The minimum absolute atomic E-state index is 0.204. The summed E-state index contributed by atoms with van der Waals surface area (Å²) in [5, 5.41) is 23.0. The highest BCUT2D eigenvalue weighted by atomic mass is 16.6. The maximum Gasteiger partial charge on any atom is 0.329 e. The average Bonchev–Trinajstić information content (AvgIpc) is 2.79. The molecule has 1 fully saturated rings. The van der Waals surface area contributed by atoms with Gasteiger partial charge in [0.15, 0.2) is 0 Å². The Morgan fingerprint density at radius 1 is 1.50 bits per heavy atom. The minimum Gasteiger partial charge on any atom is -0.480 e. The highest BCUT2D eigenvalue weighted by Crippen LogP contribution is 2.35. The summed E-state index contributed by atoms with van der Waals surface area (Å²) in [6.45, 7) is 0. The number of carboxylic acids is 1. The first-order valence-corrected chi connectivity index (χ1v) is 5.65. The van der Waals surface area contributed by atoms with E-state index in [0.717, 1.165) is 19.0 Å². The van der Waals surface area contributed by atoms with Gasteiger partial charge in [0.1, 0.15) is 17.4 Å². The number of aliphatic carboxylic acids is 1. The number of hydrogen-bond acceptors (Lipinski definition) is 5. The van der Waals surface area contributed by atoms with Crippen molar-refractivity contribution in [1.82, 2.24) is 4.98 Å². The zero-order chi connectivity index (χ0) is 13.2. The van der Waals surface area contributed by atoms with E-state index in [9.17, 15) is 20.0 Å². The Kier molecular flexibility index (Phi) is 3.14. The summed E-state index contributed by atoms with van der Waals surface area (Å²) < 4.78 is 0. The van der Waals surface area contributed by atoms with Crippen LogP contribution in [0.5, 0.6) is 0 Å². The van der Waals surface area contributed by atoms with Crippen molar-refractivity contribution in [3.05, 3.63) is 28.6 Å². The number of nitrogens with zero attached hydrogens (tertiary/aromatic N) is 2. The Morgan fingerprint density at radius 3 is 2.72 bits per heavy atom. The van der Waals surface area contributed by atoms with E-state index in [-0.39, 0.29) is 11.4 Å². The molecule has 1 saturated carbocycles. The van der Waals surface area contributed by atoms with Gasteiger partial charge in [-0.2, -0.15) is 0 Å². The van der Waals surface area contributed by atoms with Crippen molar-refractivity contribution in [1.29, 1.82) is 0 Å². The SMILES string of the molecule is O=C(O)C1(Nc2ccncc2[N+](=O)[O-])CCCC1. The van der Waals surface area contributed by atoms with Crippen molar-refractivity contribution in [2.45, 2.75) is 31.2 Å². The number of carbonyl (C=O) groups is 1. The van der Waals surface area contributed by atoms with Crippen molar-refractivity contribution in [2.24, 2.45) is 0 Å². The molecule has 1 aliphatic rings. The summed E-state index contributed by atoms with van der Waals surface area (Å²) >= 11 is 0. The second kappa shape index (κ2) is 4.59. The Hall–Kier alpha value is -2.18. The van der Waals surface area contributed by atoms with E-state index in [1.54, 1.807) is 0 Å². The van der Waals surface area contributed by atoms with Crippen LogP contribution in [0.4, 0.5) is 11.4 Å². The van der Waals surface area contributed by atoms with Crippen LogP contribution in [0.15, 0.2) is 18.5 Å². The van der Waals surface area contributed by atoms with Crippen LogP contribution in [0.1, 0.15) is 25.7 Å². The molecule has 1 aromatic rings. The molecule has 1 aromatic heterocycles. The molecule has 0 radical (unpaired) electrons. The van der Waals surface area contributed by atoms with Gasteiger partial charge in [0, 0.05) is 6.20 Å². The lowest BCUT2D eigenvalue weighted by atomic mass is 9.97. The zero-order valence-electron chi connectivity index (χ0n) is 9.63. The fraction of sp³-hybridized carbons (Fsp3) is 0.455. The highest BCUT2D eigenvalue weighted by Gasteiger charge is 2.42. The fourth-order valence-electron chi connectivity index (χ4n) is 2.27. The maximum absolute atomic E-state index is 11.4. The lowest BCUT2D eigenvalue weighted by molar-refractivity contribution is -0.384. The highest BCUT2D eigenvalue weighted by molar-refractivity contribution is 5.84. The van der Waals surface area contributed by atoms with Gasteiger partial charge < -0.3 is 10.4 Å². The normalized spacial score (nSPS) is 17.3. The monoisotopic (exact) mass is 251 g/mol. The average molecular weight is 251 g/mol. The van der Waals surface area contributed by atoms with Crippen molar-refractivity contribution in [2.75, 3.05) is 5.32 Å². The van der Waals surface area contributed by atoms with Crippen LogP contribution in [0, 0.1) is 10.1 Å². The third-order valence-corrected chi connectivity index (χ3v) is 3.24. The molecule has 1 heterocycles. The van der Waals surface area contributed by atoms with Gasteiger partial charge in [-0.25, -0.2) is 4.79 Å². The Balaban J connectivity index is 2.33. The van der Waals surface area contributed by atoms with Gasteiger partial charge in [-0.3, -0.25) is 15.1 Å². The first-order chi connectivity index (χ1) is 8.55. The van der Waals surface area contributed by atoms with Gasteiger partial charge >= 0.3 is 11.7 Å². The summed E-state index contributed by atoms with van der Waals surface area (Å²) in [6, 6.07) is 1.43. The lowest BCUT2D eigenvalue weighted by Crippen LogP contribution is -2.43. The Morgan fingerprint density at radius 2 is 2.17 bits per heavy atom. The van der Waals surface area contributed by atoms with Crippen LogP contribution in [-0.2, 0) is 4.79 Å². The van der Waals surface area contributed by atoms with E-state index in [1.165, 1.54) is 12.3 Å². The first kappa shape index (κ1) is 12.3. The molecule has 0 aliphatic heterocycles. The third kappa shape index (κ3) is 2.11. The van der Waals surface area contributed by atoms with E-state index >= 15 is 0 Å². The molecule has 2 rings (SSSR count). The number of pyridine rings is 1. The molecule has 0 unspecified atom stereocenters. The van der Waals surface area contributed by atoms with E-state index in [1.807, 2.05) is 0 Å². The van der Waals surface area contributed by atoms with Gasteiger partial charge in [0.25, 0.3) is 0 Å². The zero-order valence-corrected chi connectivity index (χ0v) is 9.63. The summed E-state index contributed by atoms with van der Waals surface area (Å²) in [4.78, 5) is 25.3. The maximum atomic E-state index is 11.4. The molecular weight excluding hydrogens is 238 g/mol. The van der Waals surface area contributed by atoms with E-state index in [2.05, 4.69) is 10.3 Å². The van der Waals surface area contributed by atoms with Gasteiger partial charge in [0.05, 0.1) is 4.92 Å². The first-order valence-electron chi connectivity index (χ1n) is 5.65. The molecular formula is C11H13N3O4. The Bertz CT molecular complexity index is 483. The number of hydrogen-bond donors (Lipinski definition) is 2. The van der Waals surface area contributed by atoms with Gasteiger partial charge in [-0.05, 0) is 18.9 Å². The summed E-state index contributed by atoms with van der Waals surface area (Å²) in [6.07, 6.45) is 5.08. The summed E-state index contributed by atoms with van der Waals surface area (Å²) in [5.41, 5.74) is -1.09. The number of nitro groups is 1. The molecule has 7 heteroatoms. The molecule has 0 saturated heterocycles. The largest absolute Gasteiger partial charge is 0.480 e. The number of anilines is 1. The van der Waals surface area contributed by atoms with Crippen molar-refractivity contribution in [3.63, 3.8) is 0 Å². The number of nitrogens with one attached hydrogen (secondary N) is 1.